The fourth-order valence-corrected chi connectivity index (χ4v) is 0.621. The average molecular weight is 206 g/mol. The smallest absolute Gasteiger partial charge is 0.340 e. The van der Waals surface area contributed by atoms with E-state index in [1.807, 2.05) is 0 Å². The molecule has 1 unspecified atom stereocenters. The lowest BCUT2D eigenvalue weighted by Gasteiger charge is -2.20. The highest BCUT2D eigenvalue weighted by molar-refractivity contribution is 5.88. The molecule has 0 amide bonds. The van der Waals surface area contributed by atoms with E-state index in [-0.39, 0.29) is 5.57 Å². The van der Waals surface area contributed by atoms with Crippen LogP contribution in [0.3, 0.4) is 0 Å². The molecule has 0 aromatic rings. The first kappa shape index (κ1) is 12.7. The van der Waals surface area contributed by atoms with Crippen LogP contribution >= 0.6 is 0 Å². The third-order valence-electron chi connectivity index (χ3n) is 1.61. The molecule has 14 heavy (non-hydrogen) atoms. The number of hydrogen-bond donors (Lipinski definition) is 0. The van der Waals surface area contributed by atoms with Crippen LogP contribution < -0.4 is 0 Å². The lowest BCUT2D eigenvalue weighted by molar-refractivity contribution is -0.173. The van der Waals surface area contributed by atoms with Crippen LogP contribution in [-0.2, 0) is 14.3 Å². The van der Waals surface area contributed by atoms with Crippen LogP contribution in [0.1, 0.15) is 20.8 Å². The third kappa shape index (κ3) is 2.90. The molecule has 5 heteroatoms. The first-order valence-corrected chi connectivity index (χ1v) is 3.95. The largest absolute Gasteiger partial charge is 0.452 e. The number of halogens is 2. The highest BCUT2D eigenvalue weighted by Gasteiger charge is 2.44. The Hall–Kier alpha value is -1.26. The minimum Gasteiger partial charge on any atom is -0.452 e. The molecule has 0 radical (unpaired) electrons. The highest BCUT2D eigenvalue weighted by Crippen LogP contribution is 2.22. The fraction of sp³-hybridized carbons (Fsp3) is 0.556. The Kier molecular flexibility index (Phi) is 3.92. The van der Waals surface area contributed by atoms with E-state index < -0.39 is 23.8 Å². The van der Waals surface area contributed by atoms with Crippen molar-refractivity contribution in [2.45, 2.75) is 32.8 Å². The molecule has 0 bridgehead atoms. The summed E-state index contributed by atoms with van der Waals surface area (Å²) in [5.41, 5.74) is 0.0104. The molecule has 0 aliphatic carbocycles. The zero-order valence-electron chi connectivity index (χ0n) is 8.27. The van der Waals surface area contributed by atoms with E-state index in [0.717, 1.165) is 13.8 Å². The summed E-state index contributed by atoms with van der Waals surface area (Å²) in [6, 6.07) is 0. The van der Waals surface area contributed by atoms with E-state index >= 15 is 0 Å². The van der Waals surface area contributed by atoms with Crippen molar-refractivity contribution in [1.82, 2.24) is 0 Å². The second-order valence-electron chi connectivity index (χ2n) is 3.01. The van der Waals surface area contributed by atoms with Gasteiger partial charge in [0, 0.05) is 12.5 Å². The maximum Gasteiger partial charge on any atom is 0.340 e. The Balaban J connectivity index is 4.49. The second-order valence-corrected chi connectivity index (χ2v) is 3.01. The van der Waals surface area contributed by atoms with Crippen molar-refractivity contribution in [3.63, 3.8) is 0 Å². The molecule has 0 aliphatic heterocycles. The van der Waals surface area contributed by atoms with Crippen LogP contribution in [-0.4, -0.2) is 23.8 Å². The van der Waals surface area contributed by atoms with Crippen LogP contribution in [0.5, 0.6) is 0 Å². The van der Waals surface area contributed by atoms with Gasteiger partial charge in [-0.3, -0.25) is 4.79 Å². The molecular weight excluding hydrogens is 194 g/mol. The predicted molar refractivity (Wildman–Crippen MR) is 46.0 cm³/mol. The van der Waals surface area contributed by atoms with Crippen molar-refractivity contribution in [3.8, 4) is 0 Å². The summed E-state index contributed by atoms with van der Waals surface area (Å²) in [5, 5.41) is 0. The standard InChI is InChI=1S/C9H12F2O3/c1-5(2)8(13)14-7(4)9(10,11)6(3)12/h7H,1H2,2-4H3. The molecule has 0 saturated heterocycles. The van der Waals surface area contributed by atoms with Gasteiger partial charge in [0.15, 0.2) is 6.10 Å². The van der Waals surface area contributed by atoms with Gasteiger partial charge in [0.2, 0.25) is 5.78 Å². The van der Waals surface area contributed by atoms with Crippen LogP contribution in [0.4, 0.5) is 8.78 Å². The van der Waals surface area contributed by atoms with Crippen LogP contribution in [0.15, 0.2) is 12.2 Å². The quantitative estimate of drug-likeness (QED) is 0.519. The number of alkyl halides is 2. The number of hydrogen-bond acceptors (Lipinski definition) is 3. The minimum absolute atomic E-state index is 0.0104. The van der Waals surface area contributed by atoms with Gasteiger partial charge < -0.3 is 4.74 Å². The normalized spacial score (nSPS) is 13.2. The van der Waals surface area contributed by atoms with E-state index in [1.54, 1.807) is 0 Å². The lowest BCUT2D eigenvalue weighted by atomic mass is 10.1. The van der Waals surface area contributed by atoms with Crippen molar-refractivity contribution in [1.29, 1.82) is 0 Å². The van der Waals surface area contributed by atoms with Gasteiger partial charge in [-0.25, -0.2) is 4.79 Å². The van der Waals surface area contributed by atoms with Gasteiger partial charge in [-0.1, -0.05) is 6.58 Å². The Morgan fingerprint density at radius 2 is 1.79 bits per heavy atom. The van der Waals surface area contributed by atoms with Crippen LogP contribution in [0, 0.1) is 0 Å². The van der Waals surface area contributed by atoms with Crippen molar-refractivity contribution >= 4 is 11.8 Å². The molecule has 0 heterocycles. The van der Waals surface area contributed by atoms with E-state index in [0.29, 0.717) is 0 Å². The zero-order chi connectivity index (χ0) is 11.5. The number of rotatable bonds is 4. The molecule has 0 rings (SSSR count). The van der Waals surface area contributed by atoms with E-state index in [2.05, 4.69) is 11.3 Å². The van der Waals surface area contributed by atoms with Crippen molar-refractivity contribution in [2.24, 2.45) is 0 Å². The Morgan fingerprint density at radius 3 is 2.07 bits per heavy atom. The van der Waals surface area contributed by atoms with Crippen molar-refractivity contribution in [2.75, 3.05) is 0 Å². The van der Waals surface area contributed by atoms with E-state index in [1.165, 1.54) is 6.92 Å². The van der Waals surface area contributed by atoms with Gasteiger partial charge >= 0.3 is 11.9 Å². The van der Waals surface area contributed by atoms with Crippen molar-refractivity contribution < 1.29 is 23.1 Å². The van der Waals surface area contributed by atoms with E-state index in [9.17, 15) is 18.4 Å². The molecule has 3 nitrogen and oxygen atoms in total. The molecule has 1 atom stereocenters. The number of ether oxygens (including phenoxy) is 1. The van der Waals surface area contributed by atoms with Crippen molar-refractivity contribution in [3.05, 3.63) is 12.2 Å². The summed E-state index contributed by atoms with van der Waals surface area (Å²) in [6.07, 6.45) is -1.77. The molecule has 0 saturated carbocycles. The molecule has 0 fully saturated rings. The summed E-state index contributed by atoms with van der Waals surface area (Å²) in [5.74, 6) is -5.91. The lowest BCUT2D eigenvalue weighted by Crippen LogP contribution is -2.41. The first-order chi connectivity index (χ1) is 6.19. The second kappa shape index (κ2) is 4.30. The molecular formula is C9H12F2O3. The monoisotopic (exact) mass is 206 g/mol. The summed E-state index contributed by atoms with van der Waals surface area (Å²) < 4.78 is 30.1. The first-order valence-electron chi connectivity index (χ1n) is 3.95. The van der Waals surface area contributed by atoms with Gasteiger partial charge in [-0.15, -0.1) is 0 Å². The summed E-state index contributed by atoms with van der Waals surface area (Å²) in [4.78, 5) is 21.4. The number of carbonyl (C=O) groups is 2. The number of esters is 1. The van der Waals surface area contributed by atoms with Gasteiger partial charge in [0.1, 0.15) is 0 Å². The van der Waals surface area contributed by atoms with Crippen LogP contribution in [0.2, 0.25) is 0 Å². The van der Waals surface area contributed by atoms with Crippen LogP contribution in [0.25, 0.3) is 0 Å². The number of Topliss-reactive ketones (excluding diaryl/α,β-unsaturated/α-hetero) is 1. The van der Waals surface area contributed by atoms with Gasteiger partial charge in [0.25, 0.3) is 0 Å². The van der Waals surface area contributed by atoms with E-state index in [4.69, 9.17) is 0 Å². The Morgan fingerprint density at radius 1 is 1.36 bits per heavy atom. The topological polar surface area (TPSA) is 43.4 Å². The zero-order valence-corrected chi connectivity index (χ0v) is 8.27. The molecule has 0 N–H and O–H groups in total. The molecule has 0 spiro atoms. The molecule has 0 aliphatic rings. The maximum absolute atomic E-state index is 12.9. The summed E-state index contributed by atoms with van der Waals surface area (Å²) in [6.45, 7) is 6.27. The highest BCUT2D eigenvalue weighted by atomic mass is 19.3. The number of ketones is 1. The Labute approximate surface area is 80.7 Å². The van der Waals surface area contributed by atoms with Gasteiger partial charge in [-0.05, 0) is 13.8 Å². The fourth-order valence-electron chi connectivity index (χ4n) is 0.621. The third-order valence-corrected chi connectivity index (χ3v) is 1.61. The number of carbonyl (C=O) groups excluding carboxylic acids is 2. The SMILES string of the molecule is C=C(C)C(=O)OC(C)C(F)(F)C(C)=O. The summed E-state index contributed by atoms with van der Waals surface area (Å²) >= 11 is 0. The minimum atomic E-state index is -3.65. The molecule has 80 valence electrons. The molecule has 0 aromatic heterocycles. The maximum atomic E-state index is 12.9. The Bertz CT molecular complexity index is 271. The van der Waals surface area contributed by atoms with Gasteiger partial charge in [0.05, 0.1) is 0 Å². The molecule has 0 aromatic carbocycles. The predicted octanol–water partition coefficient (Wildman–Crippen LogP) is 1.72. The summed E-state index contributed by atoms with van der Waals surface area (Å²) in [7, 11) is 0. The average Bonchev–Trinajstić information content (AvgIpc) is 2.03. The van der Waals surface area contributed by atoms with Gasteiger partial charge in [-0.2, -0.15) is 8.78 Å².